The molecule has 1 aliphatic heterocycles. The second-order valence-corrected chi connectivity index (χ2v) is 4.51. The molecule has 3 N–H and O–H groups in total. The number of likely N-dealkylation sites (tertiary alicyclic amines) is 1. The van der Waals surface area contributed by atoms with Crippen LogP contribution in [0.15, 0.2) is 18.5 Å². The Labute approximate surface area is 125 Å². The number of nitrogens with one attached hydrogen (secondary N) is 1. The number of piperidine rings is 1. The van der Waals surface area contributed by atoms with Gasteiger partial charge >= 0.3 is 0 Å². The van der Waals surface area contributed by atoms with Gasteiger partial charge in [-0.1, -0.05) is 0 Å². The molecule has 0 radical (unpaired) electrons. The van der Waals surface area contributed by atoms with Crippen molar-refractivity contribution >= 4 is 36.4 Å². The zero-order chi connectivity index (χ0) is 12.3. The van der Waals surface area contributed by atoms with E-state index in [0.29, 0.717) is 11.3 Å². The fraction of sp³-hybridized carbons (Fsp3) is 0.500. The van der Waals surface area contributed by atoms with Gasteiger partial charge in [0.1, 0.15) is 0 Å². The van der Waals surface area contributed by atoms with Crippen LogP contribution in [0.4, 0.5) is 5.69 Å². The lowest BCUT2D eigenvalue weighted by Gasteiger charge is -2.29. The summed E-state index contributed by atoms with van der Waals surface area (Å²) in [5.41, 5.74) is 6.68. The molecule has 0 atom stereocenters. The summed E-state index contributed by atoms with van der Waals surface area (Å²) in [6, 6.07) is 1.89. The van der Waals surface area contributed by atoms with Gasteiger partial charge in [-0.05, 0) is 39.0 Å². The summed E-state index contributed by atoms with van der Waals surface area (Å²) in [6.45, 7) is 2.04. The predicted molar refractivity (Wildman–Crippen MR) is 81.1 cm³/mol. The summed E-state index contributed by atoms with van der Waals surface area (Å²) in [4.78, 5) is 18.2. The third-order valence-corrected chi connectivity index (χ3v) is 3.15. The minimum atomic E-state index is -0.120. The SMILES string of the molecule is CN1CCC(NC(=O)c2cnccc2N)CC1.Cl.Cl. The lowest BCUT2D eigenvalue weighted by Crippen LogP contribution is -2.43. The van der Waals surface area contributed by atoms with Crippen molar-refractivity contribution in [2.45, 2.75) is 18.9 Å². The highest BCUT2D eigenvalue weighted by molar-refractivity contribution is 5.98. The first-order chi connectivity index (χ1) is 8.16. The number of nitrogens with two attached hydrogens (primary N) is 1. The Kier molecular flexibility index (Phi) is 7.75. The zero-order valence-corrected chi connectivity index (χ0v) is 12.5. The van der Waals surface area contributed by atoms with Crippen LogP contribution in [-0.2, 0) is 0 Å². The molecule has 1 aromatic heterocycles. The van der Waals surface area contributed by atoms with Crippen molar-refractivity contribution in [1.82, 2.24) is 15.2 Å². The second-order valence-electron chi connectivity index (χ2n) is 4.51. The van der Waals surface area contributed by atoms with Gasteiger partial charge in [0.2, 0.25) is 0 Å². The van der Waals surface area contributed by atoms with E-state index in [1.807, 2.05) is 0 Å². The van der Waals surface area contributed by atoms with Crippen LogP contribution in [0.5, 0.6) is 0 Å². The maximum absolute atomic E-state index is 12.0. The van der Waals surface area contributed by atoms with Gasteiger partial charge in [0, 0.05) is 24.1 Å². The maximum atomic E-state index is 12.0. The molecule has 7 heteroatoms. The molecule has 0 saturated carbocycles. The number of aromatic nitrogens is 1. The van der Waals surface area contributed by atoms with Gasteiger partial charge in [-0.15, -0.1) is 24.8 Å². The van der Waals surface area contributed by atoms with E-state index in [9.17, 15) is 4.79 Å². The van der Waals surface area contributed by atoms with Crippen molar-refractivity contribution in [2.75, 3.05) is 25.9 Å². The fourth-order valence-corrected chi connectivity index (χ4v) is 2.01. The van der Waals surface area contributed by atoms with E-state index in [4.69, 9.17) is 5.73 Å². The normalized spacial score (nSPS) is 16.1. The van der Waals surface area contributed by atoms with Crippen LogP contribution in [0.25, 0.3) is 0 Å². The molecule has 1 aliphatic rings. The van der Waals surface area contributed by atoms with Gasteiger partial charge in [0.15, 0.2) is 0 Å². The van der Waals surface area contributed by atoms with E-state index in [1.54, 1.807) is 12.3 Å². The molecule has 0 aromatic carbocycles. The molecular weight excluding hydrogens is 287 g/mol. The van der Waals surface area contributed by atoms with Gasteiger partial charge in [0.25, 0.3) is 5.91 Å². The largest absolute Gasteiger partial charge is 0.398 e. The fourth-order valence-electron chi connectivity index (χ4n) is 2.01. The molecule has 5 nitrogen and oxygen atoms in total. The van der Waals surface area contributed by atoms with Crippen molar-refractivity contribution in [2.24, 2.45) is 0 Å². The van der Waals surface area contributed by atoms with Crippen LogP contribution in [0.3, 0.4) is 0 Å². The summed E-state index contributed by atoms with van der Waals surface area (Å²) in [5.74, 6) is -0.120. The summed E-state index contributed by atoms with van der Waals surface area (Å²) in [5, 5.41) is 3.01. The summed E-state index contributed by atoms with van der Waals surface area (Å²) in [6.07, 6.45) is 5.08. The Morgan fingerprint density at radius 2 is 2.05 bits per heavy atom. The van der Waals surface area contributed by atoms with E-state index in [1.165, 1.54) is 6.20 Å². The Morgan fingerprint density at radius 1 is 1.42 bits per heavy atom. The third-order valence-electron chi connectivity index (χ3n) is 3.15. The number of nitrogen functional groups attached to an aromatic ring is 1. The van der Waals surface area contributed by atoms with Crippen LogP contribution < -0.4 is 11.1 Å². The Bertz CT molecular complexity index is 408. The Morgan fingerprint density at radius 3 is 2.63 bits per heavy atom. The first-order valence-corrected chi connectivity index (χ1v) is 5.85. The number of halogens is 2. The number of anilines is 1. The lowest BCUT2D eigenvalue weighted by molar-refractivity contribution is 0.0917. The summed E-state index contributed by atoms with van der Waals surface area (Å²) < 4.78 is 0. The van der Waals surface area contributed by atoms with Crippen LogP contribution in [-0.4, -0.2) is 42.0 Å². The van der Waals surface area contributed by atoms with Crippen LogP contribution in [0.2, 0.25) is 0 Å². The molecule has 108 valence electrons. The van der Waals surface area contributed by atoms with Gasteiger partial charge in [-0.3, -0.25) is 9.78 Å². The molecule has 1 aromatic rings. The predicted octanol–water partition coefficient (Wildman–Crippen LogP) is 1.33. The minimum Gasteiger partial charge on any atom is -0.398 e. The molecule has 1 saturated heterocycles. The molecular formula is C12H20Cl2N4O. The molecule has 19 heavy (non-hydrogen) atoms. The van der Waals surface area contributed by atoms with Crippen LogP contribution in [0, 0.1) is 0 Å². The first-order valence-electron chi connectivity index (χ1n) is 5.85. The number of pyridine rings is 1. The molecule has 2 rings (SSSR count). The smallest absolute Gasteiger partial charge is 0.255 e. The number of amides is 1. The van der Waals surface area contributed by atoms with Crippen molar-refractivity contribution in [1.29, 1.82) is 0 Å². The summed E-state index contributed by atoms with van der Waals surface area (Å²) in [7, 11) is 2.09. The molecule has 0 bridgehead atoms. The van der Waals surface area contributed by atoms with Gasteiger partial charge < -0.3 is 16.0 Å². The number of hydrogen-bond donors (Lipinski definition) is 2. The first kappa shape index (κ1) is 18.0. The number of carbonyl (C=O) groups is 1. The highest BCUT2D eigenvalue weighted by atomic mass is 35.5. The minimum absolute atomic E-state index is 0. The molecule has 0 unspecified atom stereocenters. The van der Waals surface area contributed by atoms with Crippen molar-refractivity contribution in [3.8, 4) is 0 Å². The van der Waals surface area contributed by atoms with Gasteiger partial charge in [-0.25, -0.2) is 0 Å². The zero-order valence-electron chi connectivity index (χ0n) is 10.8. The highest BCUT2D eigenvalue weighted by Crippen LogP contribution is 2.12. The quantitative estimate of drug-likeness (QED) is 0.865. The number of rotatable bonds is 2. The second kappa shape index (κ2) is 8.19. The third kappa shape index (κ3) is 4.86. The Hall–Kier alpha value is -1.04. The average molecular weight is 307 g/mol. The van der Waals surface area contributed by atoms with E-state index in [0.717, 1.165) is 25.9 Å². The van der Waals surface area contributed by atoms with E-state index in [2.05, 4.69) is 22.2 Å². The summed E-state index contributed by atoms with van der Waals surface area (Å²) >= 11 is 0. The molecule has 2 heterocycles. The number of carbonyl (C=O) groups excluding carboxylic acids is 1. The van der Waals surface area contributed by atoms with E-state index < -0.39 is 0 Å². The van der Waals surface area contributed by atoms with Crippen LogP contribution >= 0.6 is 24.8 Å². The van der Waals surface area contributed by atoms with Crippen molar-refractivity contribution in [3.63, 3.8) is 0 Å². The molecule has 1 amide bonds. The van der Waals surface area contributed by atoms with Gasteiger partial charge in [0.05, 0.1) is 5.56 Å². The van der Waals surface area contributed by atoms with Crippen LogP contribution in [0.1, 0.15) is 23.2 Å². The number of nitrogens with zero attached hydrogens (tertiary/aromatic N) is 2. The standard InChI is InChI=1S/C12H18N4O.2ClH/c1-16-6-3-9(4-7-16)15-12(17)10-8-14-5-2-11(10)13;;/h2,5,8-9H,3-4,6-7H2,1H3,(H2,13,14)(H,15,17);2*1H. The number of hydrogen-bond acceptors (Lipinski definition) is 4. The van der Waals surface area contributed by atoms with Gasteiger partial charge in [-0.2, -0.15) is 0 Å². The highest BCUT2D eigenvalue weighted by Gasteiger charge is 2.19. The topological polar surface area (TPSA) is 71.2 Å². The average Bonchev–Trinajstić information content (AvgIpc) is 2.32. The molecule has 0 spiro atoms. The maximum Gasteiger partial charge on any atom is 0.255 e. The Balaban J connectivity index is 0.00000162. The molecule has 0 aliphatic carbocycles. The van der Waals surface area contributed by atoms with E-state index >= 15 is 0 Å². The monoisotopic (exact) mass is 306 g/mol. The molecule has 1 fully saturated rings. The van der Waals surface area contributed by atoms with Crippen molar-refractivity contribution < 1.29 is 4.79 Å². The lowest BCUT2D eigenvalue weighted by atomic mass is 10.0. The van der Waals surface area contributed by atoms with Crippen molar-refractivity contribution in [3.05, 3.63) is 24.0 Å². The van der Waals surface area contributed by atoms with E-state index in [-0.39, 0.29) is 36.8 Å².